The summed E-state index contributed by atoms with van der Waals surface area (Å²) in [6.07, 6.45) is 6.85. The maximum Gasteiger partial charge on any atom is 0.277 e. The normalized spacial score (nSPS) is 13.5. The molecule has 0 saturated heterocycles. The molecule has 4 heterocycles. The lowest BCUT2D eigenvalue weighted by Gasteiger charge is -2.19. The van der Waals surface area contributed by atoms with E-state index in [-0.39, 0.29) is 34.5 Å². The Labute approximate surface area is 229 Å². The van der Waals surface area contributed by atoms with Crippen LogP contribution in [0.15, 0.2) is 58.5 Å². The van der Waals surface area contributed by atoms with Gasteiger partial charge >= 0.3 is 0 Å². The molecule has 0 radical (unpaired) electrons. The number of hydrogen-bond donors (Lipinski definition) is 1. The van der Waals surface area contributed by atoms with Crippen LogP contribution in [0.2, 0.25) is 5.02 Å². The van der Waals surface area contributed by atoms with Gasteiger partial charge in [0.25, 0.3) is 11.1 Å². The SMILES string of the molecule is Cc1cnc(-n2cccc(C(C)(C)O)c2=O)cc1-n1c(C)cc(OCc2ncc(C3CC3)cc2F)c(Cl)c1=O. The monoisotopic (exact) mass is 550 g/mol. The van der Waals surface area contributed by atoms with E-state index in [1.54, 1.807) is 56.7 Å². The van der Waals surface area contributed by atoms with E-state index in [0.29, 0.717) is 22.9 Å². The molecule has 1 aliphatic rings. The zero-order chi connectivity index (χ0) is 28.1. The van der Waals surface area contributed by atoms with Gasteiger partial charge in [0.05, 0.1) is 11.3 Å². The van der Waals surface area contributed by atoms with E-state index in [1.807, 2.05) is 0 Å². The van der Waals surface area contributed by atoms with Gasteiger partial charge in [0, 0.05) is 42.0 Å². The van der Waals surface area contributed by atoms with Gasteiger partial charge in [-0.05, 0) is 75.8 Å². The molecule has 1 aliphatic carbocycles. The number of aliphatic hydroxyl groups is 1. The lowest BCUT2D eigenvalue weighted by molar-refractivity contribution is 0.0767. The van der Waals surface area contributed by atoms with Gasteiger partial charge in [0.15, 0.2) is 0 Å². The Kier molecular flexibility index (Phi) is 6.90. The van der Waals surface area contributed by atoms with Crippen LogP contribution >= 0.6 is 11.6 Å². The highest BCUT2D eigenvalue weighted by molar-refractivity contribution is 6.31. The van der Waals surface area contributed by atoms with E-state index in [2.05, 4.69) is 9.97 Å². The summed E-state index contributed by atoms with van der Waals surface area (Å²) >= 11 is 6.44. The van der Waals surface area contributed by atoms with Gasteiger partial charge in [0.1, 0.15) is 34.7 Å². The fourth-order valence-electron chi connectivity index (χ4n) is 4.47. The second kappa shape index (κ2) is 10.1. The Hall–Kier alpha value is -3.82. The van der Waals surface area contributed by atoms with Crippen molar-refractivity contribution < 1.29 is 14.2 Å². The second-order valence-electron chi connectivity index (χ2n) is 10.3. The molecule has 1 fully saturated rings. The van der Waals surface area contributed by atoms with E-state index in [9.17, 15) is 19.1 Å². The van der Waals surface area contributed by atoms with Crippen molar-refractivity contribution in [1.29, 1.82) is 0 Å². The number of nitrogens with zero attached hydrogens (tertiary/aromatic N) is 4. The van der Waals surface area contributed by atoms with Crippen molar-refractivity contribution in [3.05, 3.63) is 109 Å². The number of hydrogen-bond acceptors (Lipinski definition) is 6. The van der Waals surface area contributed by atoms with E-state index >= 15 is 0 Å². The van der Waals surface area contributed by atoms with Crippen molar-refractivity contribution >= 4 is 11.6 Å². The Morgan fingerprint density at radius 2 is 1.87 bits per heavy atom. The van der Waals surface area contributed by atoms with Gasteiger partial charge in [-0.2, -0.15) is 0 Å². The number of ether oxygens (including phenoxy) is 1. The summed E-state index contributed by atoms with van der Waals surface area (Å²) in [4.78, 5) is 35.1. The fourth-order valence-corrected chi connectivity index (χ4v) is 4.67. The summed E-state index contributed by atoms with van der Waals surface area (Å²) < 4.78 is 23.0. The standard InChI is InChI=1S/C29H28ClFN4O4/c1-16-13-33-25(34-9-5-6-20(27(34)36)29(3,4)38)12-23(16)35-17(2)10-24(26(30)28(35)37)39-15-22-21(31)11-19(14-32-22)18-7-8-18/h5-6,9-14,18,38H,7-8,15H2,1-4H3. The van der Waals surface area contributed by atoms with Crippen LogP contribution in [0.5, 0.6) is 5.75 Å². The van der Waals surface area contributed by atoms with Crippen LogP contribution in [-0.2, 0) is 12.2 Å². The van der Waals surface area contributed by atoms with Crippen molar-refractivity contribution in [2.75, 3.05) is 0 Å². The van der Waals surface area contributed by atoms with Gasteiger partial charge in [-0.1, -0.05) is 11.6 Å². The Morgan fingerprint density at radius 1 is 1.13 bits per heavy atom. The summed E-state index contributed by atoms with van der Waals surface area (Å²) in [7, 11) is 0. The van der Waals surface area contributed by atoms with Crippen LogP contribution in [0.4, 0.5) is 4.39 Å². The molecule has 4 aromatic heterocycles. The van der Waals surface area contributed by atoms with E-state index in [0.717, 1.165) is 18.4 Å². The van der Waals surface area contributed by atoms with Crippen LogP contribution < -0.4 is 15.9 Å². The minimum absolute atomic E-state index is 0.115. The maximum absolute atomic E-state index is 14.5. The minimum atomic E-state index is -1.35. The average Bonchev–Trinajstić information content (AvgIpc) is 3.72. The van der Waals surface area contributed by atoms with Crippen molar-refractivity contribution in [2.45, 2.75) is 58.7 Å². The van der Waals surface area contributed by atoms with E-state index in [1.165, 1.54) is 29.0 Å². The third-order valence-corrected chi connectivity index (χ3v) is 7.15. The van der Waals surface area contributed by atoms with Crippen LogP contribution in [0, 0.1) is 19.7 Å². The molecular formula is C29H28ClFN4O4. The predicted molar refractivity (Wildman–Crippen MR) is 146 cm³/mol. The van der Waals surface area contributed by atoms with Gasteiger partial charge in [-0.15, -0.1) is 0 Å². The first-order chi connectivity index (χ1) is 18.5. The Bertz CT molecular complexity index is 1700. The average molecular weight is 551 g/mol. The Balaban J connectivity index is 1.49. The van der Waals surface area contributed by atoms with Crippen molar-refractivity contribution in [2.24, 2.45) is 0 Å². The molecular weight excluding hydrogens is 523 g/mol. The first-order valence-corrected chi connectivity index (χ1v) is 12.9. The largest absolute Gasteiger partial charge is 0.485 e. The number of rotatable bonds is 7. The fraction of sp³-hybridized carbons (Fsp3) is 0.310. The molecule has 0 unspecified atom stereocenters. The van der Waals surface area contributed by atoms with Crippen molar-refractivity contribution in [3.8, 4) is 17.3 Å². The van der Waals surface area contributed by atoms with Crippen LogP contribution in [0.25, 0.3) is 11.5 Å². The second-order valence-corrected chi connectivity index (χ2v) is 10.7. The van der Waals surface area contributed by atoms with Crippen LogP contribution in [0.3, 0.4) is 0 Å². The predicted octanol–water partition coefficient (Wildman–Crippen LogP) is 4.87. The molecule has 10 heteroatoms. The van der Waals surface area contributed by atoms with Gasteiger partial charge in [-0.3, -0.25) is 23.7 Å². The number of aromatic nitrogens is 4. The van der Waals surface area contributed by atoms with Crippen molar-refractivity contribution in [1.82, 2.24) is 19.1 Å². The molecule has 0 bridgehead atoms. The number of halogens is 2. The summed E-state index contributed by atoms with van der Waals surface area (Å²) in [6.45, 7) is 6.38. The molecule has 202 valence electrons. The summed E-state index contributed by atoms with van der Waals surface area (Å²) in [6, 6.07) is 7.90. The third-order valence-electron chi connectivity index (χ3n) is 6.81. The molecule has 0 atom stereocenters. The van der Waals surface area contributed by atoms with Crippen molar-refractivity contribution in [3.63, 3.8) is 0 Å². The molecule has 39 heavy (non-hydrogen) atoms. The molecule has 0 spiro atoms. The van der Waals surface area contributed by atoms with Gasteiger partial charge in [0.2, 0.25) is 0 Å². The highest BCUT2D eigenvalue weighted by Crippen LogP contribution is 2.40. The van der Waals surface area contributed by atoms with Gasteiger partial charge < -0.3 is 9.84 Å². The number of aryl methyl sites for hydroxylation is 2. The third kappa shape index (κ3) is 5.24. The molecule has 5 rings (SSSR count). The molecule has 0 aliphatic heterocycles. The van der Waals surface area contributed by atoms with E-state index < -0.39 is 22.5 Å². The Morgan fingerprint density at radius 3 is 2.54 bits per heavy atom. The molecule has 4 aromatic rings. The van der Waals surface area contributed by atoms with Crippen LogP contribution in [-0.4, -0.2) is 24.2 Å². The zero-order valence-corrected chi connectivity index (χ0v) is 22.8. The number of pyridine rings is 4. The first kappa shape index (κ1) is 26.8. The summed E-state index contributed by atoms with van der Waals surface area (Å²) in [5.74, 6) is 0.312. The highest BCUT2D eigenvalue weighted by atomic mass is 35.5. The lowest BCUT2D eigenvalue weighted by Crippen LogP contribution is -2.31. The highest BCUT2D eigenvalue weighted by Gasteiger charge is 2.25. The molecule has 0 aromatic carbocycles. The minimum Gasteiger partial charge on any atom is -0.485 e. The quantitative estimate of drug-likeness (QED) is 0.352. The van der Waals surface area contributed by atoms with E-state index in [4.69, 9.17) is 16.3 Å². The van der Waals surface area contributed by atoms with Crippen LogP contribution in [0.1, 0.15) is 60.7 Å². The molecule has 0 amide bonds. The zero-order valence-electron chi connectivity index (χ0n) is 22.0. The summed E-state index contributed by atoms with van der Waals surface area (Å²) in [5, 5.41) is 10.2. The smallest absolute Gasteiger partial charge is 0.277 e. The topological polar surface area (TPSA) is 99.2 Å². The molecule has 1 N–H and O–H groups in total. The maximum atomic E-state index is 14.5. The molecule has 8 nitrogen and oxygen atoms in total. The summed E-state index contributed by atoms with van der Waals surface area (Å²) in [5.41, 5.74) is 0.560. The van der Waals surface area contributed by atoms with Gasteiger partial charge in [-0.25, -0.2) is 9.37 Å². The molecule has 1 saturated carbocycles. The lowest BCUT2D eigenvalue weighted by atomic mass is 10.0. The first-order valence-electron chi connectivity index (χ1n) is 12.6.